The highest BCUT2D eigenvalue weighted by molar-refractivity contribution is 4.73. The van der Waals surface area contributed by atoms with Gasteiger partial charge in [0.1, 0.15) is 0 Å². The molecule has 0 aliphatic heterocycles. The summed E-state index contributed by atoms with van der Waals surface area (Å²) >= 11 is 0. The van der Waals surface area contributed by atoms with Crippen molar-refractivity contribution >= 4 is 0 Å². The minimum Gasteiger partial charge on any atom is -0.381 e. The number of methoxy groups -OCH3 is 1. The lowest BCUT2D eigenvalue weighted by molar-refractivity contribution is -0.0303. The van der Waals surface area contributed by atoms with Gasteiger partial charge >= 0.3 is 0 Å². The molecule has 0 aromatic heterocycles. The highest BCUT2D eigenvalue weighted by Gasteiger charge is 2.21. The van der Waals surface area contributed by atoms with Crippen molar-refractivity contribution in [1.82, 2.24) is 0 Å². The fourth-order valence-electron chi connectivity index (χ4n) is 2.32. The zero-order valence-corrected chi connectivity index (χ0v) is 10.6. The third-order valence-corrected chi connectivity index (χ3v) is 3.36. The standard InChI is InChI=1S/C13H27NO2/c1-15-12-7-6-8-13(11-12)16-10-5-3-2-4-9-14/h12-13H,2-11,14H2,1H3. The summed E-state index contributed by atoms with van der Waals surface area (Å²) in [6.45, 7) is 1.73. The zero-order valence-electron chi connectivity index (χ0n) is 10.6. The fraction of sp³-hybridized carbons (Fsp3) is 1.00. The lowest BCUT2D eigenvalue weighted by Crippen LogP contribution is -2.27. The number of rotatable bonds is 8. The summed E-state index contributed by atoms with van der Waals surface area (Å²) in [5.74, 6) is 0. The molecule has 0 saturated heterocycles. The first-order valence-corrected chi connectivity index (χ1v) is 6.71. The SMILES string of the molecule is COC1CCCC(OCCCCCCN)C1. The Kier molecular flexibility index (Phi) is 7.81. The van der Waals surface area contributed by atoms with Gasteiger partial charge < -0.3 is 15.2 Å². The summed E-state index contributed by atoms with van der Waals surface area (Å²) < 4.78 is 11.3. The van der Waals surface area contributed by atoms with Crippen LogP contribution in [0, 0.1) is 0 Å². The predicted octanol–water partition coefficient (Wildman–Crippen LogP) is 2.48. The minimum absolute atomic E-state index is 0.427. The Balaban J connectivity index is 1.95. The molecule has 1 fully saturated rings. The average Bonchev–Trinajstić information content (AvgIpc) is 2.34. The van der Waals surface area contributed by atoms with Gasteiger partial charge in [0, 0.05) is 13.7 Å². The molecule has 1 rings (SSSR count). The molecule has 0 radical (unpaired) electrons. The van der Waals surface area contributed by atoms with Crippen molar-refractivity contribution in [2.45, 2.75) is 63.6 Å². The summed E-state index contributed by atoms with van der Waals surface area (Å²) in [5.41, 5.74) is 5.45. The van der Waals surface area contributed by atoms with Crippen molar-refractivity contribution in [3.05, 3.63) is 0 Å². The van der Waals surface area contributed by atoms with E-state index in [9.17, 15) is 0 Å². The van der Waals surface area contributed by atoms with Gasteiger partial charge in [0.2, 0.25) is 0 Å². The van der Waals surface area contributed by atoms with Gasteiger partial charge in [-0.1, -0.05) is 12.8 Å². The summed E-state index contributed by atoms with van der Waals surface area (Å²) in [6, 6.07) is 0. The number of hydrogen-bond donors (Lipinski definition) is 1. The van der Waals surface area contributed by atoms with Crippen LogP contribution in [0.1, 0.15) is 51.4 Å². The lowest BCUT2D eigenvalue weighted by atomic mass is 9.95. The molecule has 16 heavy (non-hydrogen) atoms. The van der Waals surface area contributed by atoms with Crippen molar-refractivity contribution in [3.63, 3.8) is 0 Å². The lowest BCUT2D eigenvalue weighted by Gasteiger charge is -2.28. The molecule has 2 atom stereocenters. The van der Waals surface area contributed by atoms with Crippen LogP contribution in [0.4, 0.5) is 0 Å². The Morgan fingerprint density at radius 2 is 1.81 bits per heavy atom. The van der Waals surface area contributed by atoms with E-state index in [1.807, 2.05) is 0 Å². The fourth-order valence-corrected chi connectivity index (χ4v) is 2.32. The molecule has 0 aromatic rings. The third-order valence-electron chi connectivity index (χ3n) is 3.36. The van der Waals surface area contributed by atoms with Crippen molar-refractivity contribution in [3.8, 4) is 0 Å². The third kappa shape index (κ3) is 5.83. The van der Waals surface area contributed by atoms with Crippen molar-refractivity contribution < 1.29 is 9.47 Å². The number of unbranched alkanes of at least 4 members (excludes halogenated alkanes) is 3. The van der Waals surface area contributed by atoms with Crippen molar-refractivity contribution in [1.29, 1.82) is 0 Å². The Morgan fingerprint density at radius 1 is 1.06 bits per heavy atom. The Bertz CT molecular complexity index is 164. The maximum atomic E-state index is 5.88. The number of hydrogen-bond acceptors (Lipinski definition) is 3. The largest absolute Gasteiger partial charge is 0.381 e. The Hall–Kier alpha value is -0.120. The van der Waals surface area contributed by atoms with Gasteiger partial charge in [-0.3, -0.25) is 0 Å². The first-order valence-electron chi connectivity index (χ1n) is 6.71. The van der Waals surface area contributed by atoms with E-state index in [1.54, 1.807) is 7.11 Å². The topological polar surface area (TPSA) is 44.5 Å². The highest BCUT2D eigenvalue weighted by Crippen LogP contribution is 2.23. The molecule has 0 spiro atoms. The monoisotopic (exact) mass is 229 g/mol. The number of ether oxygens (including phenoxy) is 2. The van der Waals surface area contributed by atoms with Crippen LogP contribution in [0.3, 0.4) is 0 Å². The summed E-state index contributed by atoms with van der Waals surface area (Å²) in [7, 11) is 1.81. The Morgan fingerprint density at radius 3 is 2.56 bits per heavy atom. The molecule has 2 unspecified atom stereocenters. The first kappa shape index (κ1) is 13.9. The molecular weight excluding hydrogens is 202 g/mol. The van der Waals surface area contributed by atoms with E-state index in [2.05, 4.69) is 0 Å². The molecule has 0 aromatic carbocycles. The quantitative estimate of drug-likeness (QED) is 0.650. The van der Waals surface area contributed by atoms with Crippen LogP contribution in [0.15, 0.2) is 0 Å². The first-order chi connectivity index (χ1) is 7.86. The van der Waals surface area contributed by atoms with Gasteiger partial charge in [0.15, 0.2) is 0 Å². The summed E-state index contributed by atoms with van der Waals surface area (Å²) in [4.78, 5) is 0. The second-order valence-corrected chi connectivity index (χ2v) is 4.72. The van der Waals surface area contributed by atoms with E-state index in [4.69, 9.17) is 15.2 Å². The maximum Gasteiger partial charge on any atom is 0.0599 e. The summed E-state index contributed by atoms with van der Waals surface area (Å²) in [5, 5.41) is 0. The van der Waals surface area contributed by atoms with Crippen LogP contribution < -0.4 is 5.73 Å². The second-order valence-electron chi connectivity index (χ2n) is 4.72. The van der Waals surface area contributed by atoms with Crippen LogP contribution in [0.2, 0.25) is 0 Å². The van der Waals surface area contributed by atoms with E-state index in [0.29, 0.717) is 12.2 Å². The molecule has 0 amide bonds. The van der Waals surface area contributed by atoms with Crippen LogP contribution in [-0.4, -0.2) is 32.5 Å². The molecule has 2 N–H and O–H groups in total. The Labute approximate surface area is 99.7 Å². The normalized spacial score (nSPS) is 25.9. The van der Waals surface area contributed by atoms with Crippen LogP contribution in [0.5, 0.6) is 0 Å². The molecule has 0 bridgehead atoms. The predicted molar refractivity (Wildman–Crippen MR) is 66.5 cm³/mol. The van der Waals surface area contributed by atoms with E-state index in [0.717, 1.165) is 26.0 Å². The van der Waals surface area contributed by atoms with Gasteiger partial charge in [-0.2, -0.15) is 0 Å². The van der Waals surface area contributed by atoms with Crippen LogP contribution >= 0.6 is 0 Å². The average molecular weight is 229 g/mol. The van der Waals surface area contributed by atoms with E-state index >= 15 is 0 Å². The van der Waals surface area contributed by atoms with Gasteiger partial charge in [-0.25, -0.2) is 0 Å². The number of nitrogens with two attached hydrogens (primary N) is 1. The molecule has 1 aliphatic rings. The van der Waals surface area contributed by atoms with Crippen molar-refractivity contribution in [2.75, 3.05) is 20.3 Å². The van der Waals surface area contributed by atoms with E-state index in [1.165, 1.54) is 38.5 Å². The minimum atomic E-state index is 0.427. The maximum absolute atomic E-state index is 5.88. The molecule has 0 heterocycles. The van der Waals surface area contributed by atoms with Gasteiger partial charge in [0.25, 0.3) is 0 Å². The molecule has 1 saturated carbocycles. The zero-order chi connectivity index (χ0) is 11.6. The molecular formula is C13H27NO2. The second kappa shape index (κ2) is 8.97. The van der Waals surface area contributed by atoms with Crippen LogP contribution in [-0.2, 0) is 9.47 Å². The van der Waals surface area contributed by atoms with Gasteiger partial charge in [-0.15, -0.1) is 0 Å². The van der Waals surface area contributed by atoms with E-state index in [-0.39, 0.29) is 0 Å². The van der Waals surface area contributed by atoms with Gasteiger partial charge in [0.05, 0.1) is 12.2 Å². The molecule has 3 nitrogen and oxygen atoms in total. The molecule has 96 valence electrons. The molecule has 1 aliphatic carbocycles. The van der Waals surface area contributed by atoms with E-state index < -0.39 is 0 Å². The van der Waals surface area contributed by atoms with Crippen molar-refractivity contribution in [2.24, 2.45) is 5.73 Å². The highest BCUT2D eigenvalue weighted by atomic mass is 16.5. The van der Waals surface area contributed by atoms with Crippen LogP contribution in [0.25, 0.3) is 0 Å². The van der Waals surface area contributed by atoms with Gasteiger partial charge in [-0.05, 0) is 45.1 Å². The smallest absolute Gasteiger partial charge is 0.0599 e. The molecule has 3 heteroatoms. The summed E-state index contributed by atoms with van der Waals surface area (Å²) in [6.07, 6.45) is 10.4.